The summed E-state index contributed by atoms with van der Waals surface area (Å²) in [5.74, 6) is 0.352. The van der Waals surface area contributed by atoms with Crippen LogP contribution in [0.5, 0.6) is 0 Å². The van der Waals surface area contributed by atoms with Crippen LogP contribution in [0.25, 0.3) is 10.9 Å². The van der Waals surface area contributed by atoms with E-state index in [9.17, 15) is 9.90 Å². The molecule has 5 heteroatoms. The maximum Gasteiger partial charge on any atom is 0.374 e. The van der Waals surface area contributed by atoms with Crippen LogP contribution in [0.1, 0.15) is 29.9 Å². The summed E-state index contributed by atoms with van der Waals surface area (Å²) in [6.45, 7) is 0.991. The van der Waals surface area contributed by atoms with E-state index in [1.54, 1.807) is 0 Å². The lowest BCUT2D eigenvalue weighted by Gasteiger charge is -2.29. The van der Waals surface area contributed by atoms with E-state index in [1.165, 1.54) is 19.3 Å². The van der Waals surface area contributed by atoms with Crippen LogP contribution in [-0.2, 0) is 0 Å². The molecule has 2 aliphatic rings. The van der Waals surface area contributed by atoms with Crippen LogP contribution in [0.2, 0.25) is 0 Å². The summed E-state index contributed by atoms with van der Waals surface area (Å²) in [4.78, 5) is 22.0. The van der Waals surface area contributed by atoms with E-state index in [-0.39, 0.29) is 5.82 Å². The van der Waals surface area contributed by atoms with Crippen molar-refractivity contribution in [2.24, 2.45) is 5.92 Å². The highest BCUT2D eigenvalue weighted by molar-refractivity contribution is 5.94. The predicted octanol–water partition coefficient (Wildman–Crippen LogP) is 2.32. The third-order valence-electron chi connectivity index (χ3n) is 4.46. The number of para-hydroxylation sites is 1. The zero-order chi connectivity index (χ0) is 13.7. The van der Waals surface area contributed by atoms with Gasteiger partial charge in [0.15, 0.2) is 0 Å². The van der Waals surface area contributed by atoms with E-state index in [4.69, 9.17) is 0 Å². The number of fused-ring (bicyclic) bond motifs is 3. The first-order chi connectivity index (χ1) is 9.72. The lowest BCUT2D eigenvalue weighted by Crippen LogP contribution is -2.33. The van der Waals surface area contributed by atoms with Crippen molar-refractivity contribution < 1.29 is 9.90 Å². The van der Waals surface area contributed by atoms with Crippen LogP contribution in [0.4, 0.5) is 5.82 Å². The van der Waals surface area contributed by atoms with Gasteiger partial charge in [-0.3, -0.25) is 0 Å². The highest BCUT2D eigenvalue weighted by atomic mass is 16.4. The number of carboxylic acids is 1. The number of benzene rings is 1. The van der Waals surface area contributed by atoms with E-state index in [2.05, 4.69) is 14.9 Å². The molecule has 1 aromatic carbocycles. The summed E-state index contributed by atoms with van der Waals surface area (Å²) >= 11 is 0. The van der Waals surface area contributed by atoms with Crippen LogP contribution in [0, 0.1) is 5.92 Å². The molecule has 1 saturated carbocycles. The normalized spacial score (nSPS) is 24.5. The van der Waals surface area contributed by atoms with Crippen LogP contribution in [0.3, 0.4) is 0 Å². The van der Waals surface area contributed by atoms with Crippen molar-refractivity contribution in [3.05, 3.63) is 30.1 Å². The lowest BCUT2D eigenvalue weighted by atomic mass is 10.1. The molecule has 2 fully saturated rings. The van der Waals surface area contributed by atoms with Crippen molar-refractivity contribution in [3.63, 3.8) is 0 Å². The minimum absolute atomic E-state index is 0.110. The zero-order valence-corrected chi connectivity index (χ0v) is 11.0. The zero-order valence-electron chi connectivity index (χ0n) is 11.0. The molecule has 0 amide bonds. The number of hydrogen-bond donors (Lipinski definition) is 1. The largest absolute Gasteiger partial charge is 0.475 e. The standard InChI is InChI=1S/C15H15N3O2/c19-15(20)13-16-12-4-2-1-3-11(12)14(17-13)18-8-9-5-6-10(18)7-9/h1-4,9-10H,5-8H2,(H,19,20). The molecule has 1 aromatic heterocycles. The molecule has 0 radical (unpaired) electrons. The SMILES string of the molecule is O=C(O)c1nc(N2CC3CCC2C3)c2ccccc2n1. The number of hydrogen-bond acceptors (Lipinski definition) is 4. The lowest BCUT2D eigenvalue weighted by molar-refractivity contribution is 0.0684. The van der Waals surface area contributed by atoms with Gasteiger partial charge in [-0.1, -0.05) is 12.1 Å². The fourth-order valence-electron chi connectivity index (χ4n) is 3.56. The maximum atomic E-state index is 11.2. The summed E-state index contributed by atoms with van der Waals surface area (Å²) in [6.07, 6.45) is 3.68. The Hall–Kier alpha value is -2.17. The topological polar surface area (TPSA) is 66.3 Å². The van der Waals surface area contributed by atoms with Gasteiger partial charge in [0.25, 0.3) is 0 Å². The molecule has 5 nitrogen and oxygen atoms in total. The summed E-state index contributed by atoms with van der Waals surface area (Å²) in [6, 6.07) is 8.16. The second-order valence-corrected chi connectivity index (χ2v) is 5.68. The van der Waals surface area contributed by atoms with E-state index in [1.807, 2.05) is 24.3 Å². The van der Waals surface area contributed by atoms with E-state index in [0.717, 1.165) is 23.7 Å². The van der Waals surface area contributed by atoms with Crippen molar-refractivity contribution in [3.8, 4) is 0 Å². The van der Waals surface area contributed by atoms with Gasteiger partial charge >= 0.3 is 5.97 Å². The summed E-state index contributed by atoms with van der Waals surface area (Å²) in [7, 11) is 0. The van der Waals surface area contributed by atoms with Gasteiger partial charge in [0.2, 0.25) is 5.82 Å². The average Bonchev–Trinajstić information content (AvgIpc) is 3.08. The Morgan fingerprint density at radius 2 is 2.10 bits per heavy atom. The number of aromatic carboxylic acids is 1. The summed E-state index contributed by atoms with van der Waals surface area (Å²) < 4.78 is 0. The number of nitrogens with zero attached hydrogens (tertiary/aromatic N) is 3. The molecule has 2 unspecified atom stereocenters. The Morgan fingerprint density at radius 3 is 2.80 bits per heavy atom. The van der Waals surface area contributed by atoms with Crippen LogP contribution in [-0.4, -0.2) is 33.6 Å². The van der Waals surface area contributed by atoms with Gasteiger partial charge in [-0.2, -0.15) is 0 Å². The van der Waals surface area contributed by atoms with Crippen LogP contribution < -0.4 is 4.90 Å². The van der Waals surface area contributed by atoms with Gasteiger partial charge in [-0.25, -0.2) is 14.8 Å². The minimum atomic E-state index is -1.07. The number of carbonyl (C=O) groups is 1. The maximum absolute atomic E-state index is 11.2. The van der Waals surface area contributed by atoms with E-state index >= 15 is 0 Å². The first-order valence-electron chi connectivity index (χ1n) is 6.99. The second-order valence-electron chi connectivity index (χ2n) is 5.68. The molecule has 2 aromatic rings. The number of carboxylic acid groups (broad SMARTS) is 1. The van der Waals surface area contributed by atoms with Crippen molar-refractivity contribution in [1.29, 1.82) is 0 Å². The molecule has 1 aliphatic heterocycles. The molecule has 102 valence electrons. The smallest absolute Gasteiger partial charge is 0.374 e. The number of anilines is 1. The monoisotopic (exact) mass is 269 g/mol. The van der Waals surface area contributed by atoms with Gasteiger partial charge in [-0.05, 0) is 37.3 Å². The molecular formula is C15H15N3O2. The van der Waals surface area contributed by atoms with E-state index in [0.29, 0.717) is 11.6 Å². The summed E-state index contributed by atoms with van der Waals surface area (Å²) in [5, 5.41) is 10.1. The van der Waals surface area contributed by atoms with Gasteiger partial charge in [0, 0.05) is 18.0 Å². The average molecular weight is 269 g/mol. The fraction of sp³-hybridized carbons (Fsp3) is 0.400. The predicted molar refractivity (Wildman–Crippen MR) is 75.0 cm³/mol. The number of rotatable bonds is 2. The highest BCUT2D eigenvalue weighted by Crippen LogP contribution is 2.41. The Kier molecular flexibility index (Phi) is 2.42. The molecule has 1 N–H and O–H groups in total. The Balaban J connectivity index is 1.90. The molecule has 2 heterocycles. The van der Waals surface area contributed by atoms with Crippen molar-refractivity contribution in [1.82, 2.24) is 9.97 Å². The molecule has 0 spiro atoms. The van der Waals surface area contributed by atoms with Gasteiger partial charge in [0.1, 0.15) is 5.82 Å². The van der Waals surface area contributed by atoms with Crippen LogP contribution >= 0.6 is 0 Å². The molecule has 4 rings (SSSR count). The Morgan fingerprint density at radius 1 is 1.25 bits per heavy atom. The number of piperidine rings is 1. The molecule has 1 aliphatic carbocycles. The highest BCUT2D eigenvalue weighted by Gasteiger charge is 2.39. The first-order valence-corrected chi connectivity index (χ1v) is 6.99. The Labute approximate surface area is 116 Å². The Bertz CT molecular complexity index is 701. The third kappa shape index (κ3) is 1.66. The van der Waals surface area contributed by atoms with E-state index < -0.39 is 5.97 Å². The fourth-order valence-corrected chi connectivity index (χ4v) is 3.56. The minimum Gasteiger partial charge on any atom is -0.475 e. The summed E-state index contributed by atoms with van der Waals surface area (Å²) in [5.41, 5.74) is 0.706. The molecular weight excluding hydrogens is 254 g/mol. The molecule has 2 atom stereocenters. The van der Waals surface area contributed by atoms with Gasteiger partial charge < -0.3 is 10.0 Å². The van der Waals surface area contributed by atoms with Crippen molar-refractivity contribution in [2.75, 3.05) is 11.4 Å². The van der Waals surface area contributed by atoms with Crippen LogP contribution in [0.15, 0.2) is 24.3 Å². The number of aromatic nitrogens is 2. The molecule has 1 saturated heterocycles. The second kappa shape index (κ2) is 4.16. The molecule has 2 bridgehead atoms. The first kappa shape index (κ1) is 11.6. The quantitative estimate of drug-likeness (QED) is 0.906. The molecule has 20 heavy (non-hydrogen) atoms. The third-order valence-corrected chi connectivity index (χ3v) is 4.46. The van der Waals surface area contributed by atoms with Crippen molar-refractivity contribution in [2.45, 2.75) is 25.3 Å². The van der Waals surface area contributed by atoms with Gasteiger partial charge in [0.05, 0.1) is 5.52 Å². The van der Waals surface area contributed by atoms with Gasteiger partial charge in [-0.15, -0.1) is 0 Å². The van der Waals surface area contributed by atoms with Crippen molar-refractivity contribution >= 4 is 22.7 Å².